The second kappa shape index (κ2) is 3.75. The predicted molar refractivity (Wildman–Crippen MR) is 61.7 cm³/mol. The van der Waals surface area contributed by atoms with E-state index in [0.29, 0.717) is 23.0 Å². The van der Waals surface area contributed by atoms with Crippen molar-refractivity contribution in [3.05, 3.63) is 42.7 Å². The topological polar surface area (TPSA) is 78.3 Å². The maximum Gasteiger partial charge on any atom is 0.237 e. The number of rotatable bonds is 2. The summed E-state index contributed by atoms with van der Waals surface area (Å²) in [6.45, 7) is 0. The van der Waals surface area contributed by atoms with Crippen molar-refractivity contribution < 1.29 is 4.74 Å². The summed E-state index contributed by atoms with van der Waals surface area (Å²) in [5.41, 5.74) is 7.01. The van der Waals surface area contributed by atoms with Crippen LogP contribution in [0, 0.1) is 0 Å². The third-order valence-electron chi connectivity index (χ3n) is 2.27. The highest BCUT2D eigenvalue weighted by Crippen LogP contribution is 2.25. The Balaban J connectivity index is 1.97. The fourth-order valence-corrected chi connectivity index (χ4v) is 1.45. The van der Waals surface area contributed by atoms with Crippen LogP contribution in [-0.2, 0) is 0 Å². The molecule has 6 nitrogen and oxygen atoms in total. The van der Waals surface area contributed by atoms with E-state index in [1.165, 1.54) is 10.8 Å². The highest BCUT2D eigenvalue weighted by molar-refractivity contribution is 5.53. The Morgan fingerprint density at radius 2 is 2.00 bits per heavy atom. The van der Waals surface area contributed by atoms with Gasteiger partial charge >= 0.3 is 0 Å². The first-order valence-corrected chi connectivity index (χ1v) is 5.02. The lowest BCUT2D eigenvalue weighted by Gasteiger charge is -2.06. The molecule has 0 bridgehead atoms. The minimum Gasteiger partial charge on any atom is -0.435 e. The second-order valence-corrected chi connectivity index (χ2v) is 3.45. The number of hydrogen-bond donors (Lipinski definition) is 1. The zero-order valence-electron chi connectivity index (χ0n) is 8.82. The lowest BCUT2D eigenvalue weighted by atomic mass is 10.3. The number of benzene rings is 1. The number of nitrogen functional groups attached to an aromatic ring is 1. The number of fused-ring (bicyclic) bond motifs is 1. The number of ether oxygens (including phenoxy) is 1. The van der Waals surface area contributed by atoms with Crippen LogP contribution in [0.5, 0.6) is 11.6 Å². The first-order valence-electron chi connectivity index (χ1n) is 5.02. The number of anilines is 1. The van der Waals surface area contributed by atoms with Crippen molar-refractivity contribution in [1.82, 2.24) is 19.8 Å². The quantitative estimate of drug-likeness (QED) is 0.671. The number of nitrogens with two attached hydrogens (primary N) is 1. The molecule has 0 aliphatic rings. The fourth-order valence-electron chi connectivity index (χ4n) is 1.45. The normalized spacial score (nSPS) is 10.6. The van der Waals surface area contributed by atoms with E-state index in [9.17, 15) is 0 Å². The van der Waals surface area contributed by atoms with Crippen LogP contribution in [0.3, 0.4) is 0 Å². The Labute approximate surface area is 96.7 Å². The Bertz CT molecular complexity index is 664. The summed E-state index contributed by atoms with van der Waals surface area (Å²) in [5, 5.41) is 11.8. The largest absolute Gasteiger partial charge is 0.435 e. The summed E-state index contributed by atoms with van der Waals surface area (Å²) in [7, 11) is 0. The summed E-state index contributed by atoms with van der Waals surface area (Å²) in [5.74, 6) is 1.02. The molecule has 2 N–H and O–H groups in total. The molecule has 3 aromatic rings. The van der Waals surface area contributed by atoms with Gasteiger partial charge in [0, 0.05) is 6.07 Å². The van der Waals surface area contributed by atoms with Crippen molar-refractivity contribution in [2.24, 2.45) is 0 Å². The lowest BCUT2D eigenvalue weighted by Crippen LogP contribution is -1.96. The van der Waals surface area contributed by atoms with Gasteiger partial charge in [-0.05, 0) is 18.2 Å². The van der Waals surface area contributed by atoms with Crippen LogP contribution < -0.4 is 10.5 Å². The fraction of sp³-hybridized carbons (Fsp3) is 0. The van der Waals surface area contributed by atoms with Crippen LogP contribution in [0.15, 0.2) is 42.7 Å². The van der Waals surface area contributed by atoms with Crippen LogP contribution in [0.1, 0.15) is 0 Å². The molecule has 2 heterocycles. The van der Waals surface area contributed by atoms with Crippen molar-refractivity contribution in [3.63, 3.8) is 0 Å². The summed E-state index contributed by atoms with van der Waals surface area (Å²) in [6, 6.07) is 10.7. The minimum absolute atomic E-state index is 0.440. The van der Waals surface area contributed by atoms with Gasteiger partial charge in [-0.3, -0.25) is 0 Å². The Hall–Kier alpha value is -2.63. The molecule has 0 atom stereocenters. The van der Waals surface area contributed by atoms with Crippen LogP contribution in [-0.4, -0.2) is 19.8 Å². The molecule has 84 valence electrons. The third-order valence-corrected chi connectivity index (χ3v) is 2.27. The molecule has 17 heavy (non-hydrogen) atoms. The van der Waals surface area contributed by atoms with E-state index in [1.54, 1.807) is 24.3 Å². The number of hydrogen-bond acceptors (Lipinski definition) is 5. The Morgan fingerprint density at radius 1 is 1.12 bits per heavy atom. The van der Waals surface area contributed by atoms with E-state index in [1.807, 2.05) is 12.1 Å². The van der Waals surface area contributed by atoms with E-state index in [0.717, 1.165) is 0 Å². The monoisotopic (exact) mass is 227 g/mol. The molecule has 1 aromatic carbocycles. The zero-order valence-corrected chi connectivity index (χ0v) is 8.82. The first-order chi connectivity index (χ1) is 8.33. The second-order valence-electron chi connectivity index (χ2n) is 3.45. The molecule has 0 unspecified atom stereocenters. The van der Waals surface area contributed by atoms with Crippen LogP contribution >= 0.6 is 0 Å². The van der Waals surface area contributed by atoms with Gasteiger partial charge in [0.1, 0.15) is 6.33 Å². The van der Waals surface area contributed by atoms with E-state index in [4.69, 9.17) is 10.5 Å². The Kier molecular flexibility index (Phi) is 2.11. The summed E-state index contributed by atoms with van der Waals surface area (Å²) < 4.78 is 7.11. The average molecular weight is 227 g/mol. The predicted octanol–water partition coefficient (Wildman–Crippen LogP) is 1.50. The molecular weight excluding hydrogens is 218 g/mol. The van der Waals surface area contributed by atoms with Gasteiger partial charge in [0.15, 0.2) is 11.4 Å². The lowest BCUT2D eigenvalue weighted by molar-refractivity contribution is 0.454. The van der Waals surface area contributed by atoms with Crippen LogP contribution in [0.4, 0.5) is 5.69 Å². The maximum absolute atomic E-state index is 5.78. The van der Waals surface area contributed by atoms with Gasteiger partial charge in [0.05, 0.1) is 5.69 Å². The number of para-hydroxylation sites is 2. The maximum atomic E-state index is 5.78. The van der Waals surface area contributed by atoms with Gasteiger partial charge in [0.25, 0.3) is 0 Å². The average Bonchev–Trinajstić information content (AvgIpc) is 2.79. The molecule has 0 fully saturated rings. The van der Waals surface area contributed by atoms with Gasteiger partial charge in [-0.1, -0.05) is 12.1 Å². The highest BCUT2D eigenvalue weighted by Gasteiger charge is 2.04. The van der Waals surface area contributed by atoms with E-state index >= 15 is 0 Å². The third kappa shape index (κ3) is 1.76. The van der Waals surface area contributed by atoms with Crippen LogP contribution in [0.2, 0.25) is 0 Å². The van der Waals surface area contributed by atoms with Gasteiger partial charge in [0.2, 0.25) is 5.88 Å². The standard InChI is InChI=1S/C11H9N5O/c12-8-3-1-2-4-9(8)17-11-6-5-10-14-13-7-16(10)15-11/h1-7H,12H2. The number of nitrogens with zero attached hydrogens (tertiary/aromatic N) is 4. The highest BCUT2D eigenvalue weighted by atomic mass is 16.5. The Morgan fingerprint density at radius 3 is 2.88 bits per heavy atom. The van der Waals surface area contributed by atoms with Crippen molar-refractivity contribution in [1.29, 1.82) is 0 Å². The molecule has 0 spiro atoms. The SMILES string of the molecule is Nc1ccccc1Oc1ccc2nncn2n1. The van der Waals surface area contributed by atoms with Crippen molar-refractivity contribution in [3.8, 4) is 11.6 Å². The van der Waals surface area contributed by atoms with Crippen LogP contribution in [0.25, 0.3) is 5.65 Å². The smallest absolute Gasteiger partial charge is 0.237 e. The molecule has 0 aliphatic heterocycles. The first kappa shape index (κ1) is 9.59. The molecule has 6 heteroatoms. The molecule has 0 saturated heterocycles. The van der Waals surface area contributed by atoms with Gasteiger partial charge < -0.3 is 10.5 Å². The molecule has 3 rings (SSSR count). The molecule has 0 radical (unpaired) electrons. The summed E-state index contributed by atoms with van der Waals surface area (Å²) in [4.78, 5) is 0. The van der Waals surface area contributed by atoms with E-state index < -0.39 is 0 Å². The molecule has 0 amide bonds. The molecular formula is C11H9N5O. The van der Waals surface area contributed by atoms with Gasteiger partial charge in [-0.15, -0.1) is 15.3 Å². The molecule has 0 saturated carbocycles. The summed E-state index contributed by atoms with van der Waals surface area (Å²) >= 11 is 0. The van der Waals surface area contributed by atoms with Crippen molar-refractivity contribution >= 4 is 11.3 Å². The zero-order chi connectivity index (χ0) is 11.7. The number of aromatic nitrogens is 4. The van der Waals surface area contributed by atoms with Crippen molar-refractivity contribution in [2.45, 2.75) is 0 Å². The molecule has 2 aromatic heterocycles. The van der Waals surface area contributed by atoms with E-state index in [-0.39, 0.29) is 0 Å². The van der Waals surface area contributed by atoms with E-state index in [2.05, 4.69) is 15.3 Å². The summed E-state index contributed by atoms with van der Waals surface area (Å²) in [6.07, 6.45) is 1.51. The molecule has 0 aliphatic carbocycles. The van der Waals surface area contributed by atoms with Crippen molar-refractivity contribution in [2.75, 3.05) is 5.73 Å². The van der Waals surface area contributed by atoms with Gasteiger partial charge in [-0.25, -0.2) is 0 Å². The minimum atomic E-state index is 0.440. The van der Waals surface area contributed by atoms with Gasteiger partial charge in [-0.2, -0.15) is 4.52 Å².